The van der Waals surface area contributed by atoms with Crippen LogP contribution >= 0.6 is 11.3 Å². The van der Waals surface area contributed by atoms with E-state index < -0.39 is 17.9 Å². The topological polar surface area (TPSA) is 101 Å². The Bertz CT molecular complexity index is 1050. The number of hydrogen-bond donors (Lipinski definition) is 2. The lowest BCUT2D eigenvalue weighted by molar-refractivity contribution is -0.141. The zero-order valence-electron chi connectivity index (χ0n) is 14.9. The molecule has 2 heterocycles. The Labute approximate surface area is 159 Å². The van der Waals surface area contributed by atoms with Crippen LogP contribution in [0.1, 0.15) is 18.9 Å². The van der Waals surface area contributed by atoms with Crippen LogP contribution < -0.4 is 10.9 Å². The Hall–Kier alpha value is -3.00. The minimum atomic E-state index is -1.11. The molecule has 8 heteroatoms. The number of aromatic nitrogens is 2. The molecule has 140 valence electrons. The number of benzene rings is 1. The molecular formula is C19H19N3O4S. The molecule has 27 heavy (non-hydrogen) atoms. The van der Waals surface area contributed by atoms with Crippen molar-refractivity contribution in [1.82, 2.24) is 14.9 Å². The number of hydrogen-bond acceptors (Lipinski definition) is 5. The molecule has 0 saturated heterocycles. The Morgan fingerprint density at radius 2 is 2.00 bits per heavy atom. The van der Waals surface area contributed by atoms with Crippen molar-refractivity contribution in [2.45, 2.75) is 32.9 Å². The minimum absolute atomic E-state index is 0.00524. The summed E-state index contributed by atoms with van der Waals surface area (Å²) < 4.78 is 1.39. The normalized spacial score (nSPS) is 12.1. The molecule has 0 radical (unpaired) electrons. The van der Waals surface area contributed by atoms with E-state index in [2.05, 4.69) is 10.3 Å². The van der Waals surface area contributed by atoms with Crippen molar-refractivity contribution in [2.24, 2.45) is 0 Å². The van der Waals surface area contributed by atoms with Gasteiger partial charge < -0.3 is 10.4 Å². The van der Waals surface area contributed by atoms with Gasteiger partial charge in [-0.05, 0) is 19.4 Å². The lowest BCUT2D eigenvalue weighted by Crippen LogP contribution is -2.39. The average Bonchev–Trinajstić information content (AvgIpc) is 3.06. The van der Waals surface area contributed by atoms with E-state index >= 15 is 0 Å². The predicted octanol–water partition coefficient (Wildman–Crippen LogP) is 2.41. The lowest BCUT2D eigenvalue weighted by Gasteiger charge is -2.10. The average molecular weight is 385 g/mol. The molecule has 1 unspecified atom stereocenters. The third-order valence-corrected chi connectivity index (χ3v) is 5.14. The van der Waals surface area contributed by atoms with Crippen molar-refractivity contribution in [2.75, 3.05) is 0 Å². The quantitative estimate of drug-likeness (QED) is 0.679. The Morgan fingerprint density at radius 1 is 1.30 bits per heavy atom. The molecule has 1 amide bonds. The summed E-state index contributed by atoms with van der Waals surface area (Å²) in [6.45, 7) is 3.52. The number of carboxylic acids is 1. The van der Waals surface area contributed by atoms with Crippen LogP contribution in [0.4, 0.5) is 0 Å². The summed E-state index contributed by atoms with van der Waals surface area (Å²) in [6, 6.07) is 6.94. The molecule has 3 rings (SSSR count). The first-order chi connectivity index (χ1) is 12.9. The van der Waals surface area contributed by atoms with E-state index in [-0.39, 0.29) is 18.5 Å². The smallest absolute Gasteiger partial charge is 0.325 e. The second-order valence-electron chi connectivity index (χ2n) is 6.32. The van der Waals surface area contributed by atoms with Crippen LogP contribution in [-0.4, -0.2) is 32.6 Å². The van der Waals surface area contributed by atoms with Crippen LogP contribution in [0.3, 0.4) is 0 Å². The summed E-state index contributed by atoms with van der Waals surface area (Å²) in [5.41, 5.74) is 2.69. The summed E-state index contributed by atoms with van der Waals surface area (Å²) in [6.07, 6.45) is 1.42. The van der Waals surface area contributed by atoms with Crippen LogP contribution in [-0.2, 0) is 16.1 Å². The highest BCUT2D eigenvalue weighted by molar-refractivity contribution is 7.17. The number of aryl methyl sites for hydroxylation is 2. The molecule has 3 aromatic rings. The number of fused-ring (bicyclic) bond motifs is 1. The van der Waals surface area contributed by atoms with Gasteiger partial charge >= 0.3 is 5.97 Å². The predicted molar refractivity (Wildman–Crippen MR) is 104 cm³/mol. The fourth-order valence-electron chi connectivity index (χ4n) is 2.67. The van der Waals surface area contributed by atoms with Gasteiger partial charge in [0.05, 0.1) is 11.7 Å². The Kier molecular flexibility index (Phi) is 5.36. The van der Waals surface area contributed by atoms with E-state index in [0.717, 1.165) is 16.7 Å². The van der Waals surface area contributed by atoms with Crippen LogP contribution in [0.15, 0.2) is 40.8 Å². The highest BCUT2D eigenvalue weighted by Gasteiger charge is 2.16. The molecule has 2 aromatic heterocycles. The summed E-state index contributed by atoms with van der Waals surface area (Å²) in [5.74, 6) is -1.54. The number of carbonyl (C=O) groups excluding carboxylic acids is 1. The zero-order valence-corrected chi connectivity index (χ0v) is 15.7. The first kappa shape index (κ1) is 18.8. The van der Waals surface area contributed by atoms with Crippen molar-refractivity contribution in [3.63, 3.8) is 0 Å². The molecule has 0 aliphatic carbocycles. The molecule has 0 bridgehead atoms. The van der Waals surface area contributed by atoms with Crippen molar-refractivity contribution < 1.29 is 14.7 Å². The van der Waals surface area contributed by atoms with Gasteiger partial charge in [0.2, 0.25) is 5.91 Å². The number of thiophene rings is 1. The van der Waals surface area contributed by atoms with E-state index in [0.29, 0.717) is 10.2 Å². The second-order valence-corrected chi connectivity index (χ2v) is 7.17. The van der Waals surface area contributed by atoms with Gasteiger partial charge in [0, 0.05) is 23.9 Å². The monoisotopic (exact) mass is 385 g/mol. The number of carbonyl (C=O) groups is 2. The molecule has 0 aliphatic heterocycles. The van der Waals surface area contributed by atoms with E-state index in [1.54, 1.807) is 0 Å². The van der Waals surface area contributed by atoms with Gasteiger partial charge in [-0.1, -0.05) is 29.8 Å². The number of rotatable bonds is 6. The van der Waals surface area contributed by atoms with Crippen molar-refractivity contribution in [1.29, 1.82) is 0 Å². The SMILES string of the molecule is Cc1ccc(-c2csc3ncn(CCC(=O)NC(C)C(=O)O)c(=O)c23)cc1. The second kappa shape index (κ2) is 7.71. The fourth-order valence-corrected chi connectivity index (χ4v) is 3.58. The van der Waals surface area contributed by atoms with E-state index in [9.17, 15) is 14.4 Å². The maximum absolute atomic E-state index is 12.9. The molecule has 7 nitrogen and oxygen atoms in total. The highest BCUT2D eigenvalue weighted by atomic mass is 32.1. The lowest BCUT2D eigenvalue weighted by atomic mass is 10.1. The maximum Gasteiger partial charge on any atom is 0.325 e. The largest absolute Gasteiger partial charge is 0.480 e. The van der Waals surface area contributed by atoms with Crippen LogP contribution in [0, 0.1) is 6.92 Å². The van der Waals surface area contributed by atoms with Gasteiger partial charge in [-0.3, -0.25) is 19.0 Å². The first-order valence-corrected chi connectivity index (χ1v) is 9.30. The molecule has 2 N–H and O–H groups in total. The molecular weight excluding hydrogens is 366 g/mol. The van der Waals surface area contributed by atoms with Crippen molar-refractivity contribution in [3.8, 4) is 11.1 Å². The molecule has 0 saturated carbocycles. The molecule has 1 aromatic carbocycles. The van der Waals surface area contributed by atoms with Crippen molar-refractivity contribution >= 4 is 33.4 Å². The molecule has 0 fully saturated rings. The molecule has 1 atom stereocenters. The highest BCUT2D eigenvalue weighted by Crippen LogP contribution is 2.30. The summed E-state index contributed by atoms with van der Waals surface area (Å²) in [5, 5.41) is 13.6. The maximum atomic E-state index is 12.9. The third kappa shape index (κ3) is 4.06. The minimum Gasteiger partial charge on any atom is -0.480 e. The Balaban J connectivity index is 1.86. The third-order valence-electron chi connectivity index (χ3n) is 4.25. The molecule has 0 spiro atoms. The number of nitrogens with zero attached hydrogens (tertiary/aromatic N) is 2. The van der Waals surface area contributed by atoms with Gasteiger partial charge in [-0.15, -0.1) is 11.3 Å². The van der Waals surface area contributed by atoms with Crippen LogP contribution in [0.2, 0.25) is 0 Å². The van der Waals surface area contributed by atoms with Gasteiger partial charge in [0.1, 0.15) is 10.9 Å². The fraction of sp³-hybridized carbons (Fsp3) is 0.263. The number of carboxylic acid groups (broad SMARTS) is 1. The van der Waals surface area contributed by atoms with Gasteiger partial charge in [-0.25, -0.2) is 4.98 Å². The standard InChI is InChI=1S/C19H19N3O4S/c1-11-3-5-13(6-4-11)14-9-27-17-16(14)18(24)22(10-20-17)8-7-15(23)21-12(2)19(25)26/h3-6,9-10,12H,7-8H2,1-2H3,(H,21,23)(H,25,26). The number of nitrogens with one attached hydrogen (secondary N) is 1. The molecule has 0 aliphatic rings. The number of aliphatic carboxylic acids is 1. The number of amides is 1. The van der Waals surface area contributed by atoms with E-state index in [1.165, 1.54) is 29.2 Å². The summed E-state index contributed by atoms with van der Waals surface area (Å²) >= 11 is 1.40. The van der Waals surface area contributed by atoms with Gasteiger partial charge in [0.25, 0.3) is 5.56 Å². The summed E-state index contributed by atoms with van der Waals surface area (Å²) in [7, 11) is 0. The van der Waals surface area contributed by atoms with Gasteiger partial charge in [0.15, 0.2) is 0 Å². The first-order valence-electron chi connectivity index (χ1n) is 8.42. The zero-order chi connectivity index (χ0) is 19.6. The van der Waals surface area contributed by atoms with E-state index in [1.807, 2.05) is 36.6 Å². The van der Waals surface area contributed by atoms with Gasteiger partial charge in [-0.2, -0.15) is 0 Å². The van der Waals surface area contributed by atoms with Crippen molar-refractivity contribution in [3.05, 3.63) is 51.9 Å². The Morgan fingerprint density at radius 3 is 2.67 bits per heavy atom. The van der Waals surface area contributed by atoms with Crippen LogP contribution in [0.25, 0.3) is 21.3 Å². The summed E-state index contributed by atoms with van der Waals surface area (Å²) in [4.78, 5) is 40.5. The van der Waals surface area contributed by atoms with Crippen LogP contribution in [0.5, 0.6) is 0 Å². The van der Waals surface area contributed by atoms with E-state index in [4.69, 9.17) is 5.11 Å².